The van der Waals surface area contributed by atoms with E-state index >= 15 is 0 Å². The highest BCUT2D eigenvalue weighted by Gasteiger charge is 2.21. The number of sulfonamides is 1. The van der Waals surface area contributed by atoms with E-state index in [4.69, 9.17) is 0 Å². The maximum absolute atomic E-state index is 13.4. The second-order valence-electron chi connectivity index (χ2n) is 9.01. The zero-order valence-electron chi connectivity index (χ0n) is 20.3. The van der Waals surface area contributed by atoms with Gasteiger partial charge in [-0.1, -0.05) is 60.7 Å². The molecule has 0 aliphatic heterocycles. The summed E-state index contributed by atoms with van der Waals surface area (Å²) in [6, 6.07) is 26.9. The molecule has 1 aromatic heterocycles. The molecule has 1 amide bonds. The molecule has 3 aromatic carbocycles. The van der Waals surface area contributed by atoms with Gasteiger partial charge in [0.15, 0.2) is 0 Å². The van der Waals surface area contributed by atoms with E-state index in [2.05, 4.69) is 17.4 Å². The zero-order valence-corrected chi connectivity index (χ0v) is 21.1. The van der Waals surface area contributed by atoms with E-state index in [-0.39, 0.29) is 16.8 Å². The van der Waals surface area contributed by atoms with E-state index in [1.807, 2.05) is 60.0 Å². The Hall–Kier alpha value is -3.42. The van der Waals surface area contributed by atoms with E-state index in [0.717, 1.165) is 23.9 Å². The fraction of sp³-hybridized carbons (Fsp3) is 0.250. The molecule has 0 aliphatic carbocycles. The lowest BCUT2D eigenvalue weighted by Crippen LogP contribution is -2.34. The molecule has 0 unspecified atom stereocenters. The summed E-state index contributed by atoms with van der Waals surface area (Å²) >= 11 is 0. The number of fused-ring (bicyclic) bond motifs is 1. The molecule has 6 nitrogen and oxygen atoms in total. The SMILES string of the molecule is C[C@H](CCc1ccccc1)NC(=O)c1cc2cc(S(=O)(=O)N(C)C)ccc2n1Cc1ccccc1. The molecule has 4 aromatic rings. The minimum Gasteiger partial charge on any atom is -0.348 e. The molecule has 182 valence electrons. The highest BCUT2D eigenvalue weighted by molar-refractivity contribution is 7.89. The van der Waals surface area contributed by atoms with Crippen molar-refractivity contribution in [3.05, 3.63) is 102 Å². The van der Waals surface area contributed by atoms with Gasteiger partial charge in [0, 0.05) is 37.6 Å². The third kappa shape index (κ3) is 5.63. The Morgan fingerprint density at radius 3 is 2.17 bits per heavy atom. The molecule has 7 heteroatoms. The second kappa shape index (κ2) is 10.5. The van der Waals surface area contributed by atoms with Crippen LogP contribution < -0.4 is 5.32 Å². The smallest absolute Gasteiger partial charge is 0.268 e. The maximum Gasteiger partial charge on any atom is 0.268 e. The summed E-state index contributed by atoms with van der Waals surface area (Å²) in [4.78, 5) is 13.6. The Morgan fingerprint density at radius 1 is 0.914 bits per heavy atom. The Labute approximate surface area is 207 Å². The van der Waals surface area contributed by atoms with Crippen LogP contribution in [0, 0.1) is 0 Å². The third-order valence-corrected chi connectivity index (χ3v) is 7.96. The molecular weight excluding hydrogens is 458 g/mol. The molecule has 0 bridgehead atoms. The minimum atomic E-state index is -3.58. The van der Waals surface area contributed by atoms with Crippen molar-refractivity contribution in [3.63, 3.8) is 0 Å². The number of aryl methyl sites for hydroxylation is 1. The van der Waals surface area contributed by atoms with Gasteiger partial charge in [-0.05, 0) is 55.2 Å². The number of carbonyl (C=O) groups is 1. The van der Waals surface area contributed by atoms with Crippen molar-refractivity contribution >= 4 is 26.8 Å². The van der Waals surface area contributed by atoms with Gasteiger partial charge >= 0.3 is 0 Å². The van der Waals surface area contributed by atoms with Gasteiger partial charge in [-0.3, -0.25) is 4.79 Å². The maximum atomic E-state index is 13.4. The largest absolute Gasteiger partial charge is 0.348 e. The van der Waals surface area contributed by atoms with Crippen LogP contribution in [0.3, 0.4) is 0 Å². The van der Waals surface area contributed by atoms with E-state index in [0.29, 0.717) is 17.6 Å². The van der Waals surface area contributed by atoms with E-state index in [1.54, 1.807) is 24.3 Å². The standard InChI is InChI=1S/C28H31N3O3S/c1-21(14-15-22-10-6-4-7-11-22)29-28(32)27-19-24-18-25(35(33,34)30(2)3)16-17-26(24)31(27)20-23-12-8-5-9-13-23/h4-13,16-19,21H,14-15,20H2,1-3H3,(H,29,32)/t21-/m1/s1. The number of benzene rings is 3. The van der Waals surface area contributed by atoms with Crippen LogP contribution in [0.1, 0.15) is 35.0 Å². The molecule has 0 radical (unpaired) electrons. The average molecular weight is 490 g/mol. The van der Waals surface area contributed by atoms with Crippen molar-refractivity contribution in [1.82, 2.24) is 14.2 Å². The van der Waals surface area contributed by atoms with Gasteiger partial charge in [-0.15, -0.1) is 0 Å². The van der Waals surface area contributed by atoms with Crippen molar-refractivity contribution in [3.8, 4) is 0 Å². The van der Waals surface area contributed by atoms with Crippen molar-refractivity contribution in [2.75, 3.05) is 14.1 Å². The Morgan fingerprint density at radius 2 is 1.54 bits per heavy atom. The first-order chi connectivity index (χ1) is 16.8. The van der Waals surface area contributed by atoms with Crippen LogP contribution in [-0.2, 0) is 23.0 Å². The van der Waals surface area contributed by atoms with Crippen LogP contribution in [-0.4, -0.2) is 43.3 Å². The van der Waals surface area contributed by atoms with Crippen LogP contribution in [0.5, 0.6) is 0 Å². The summed E-state index contributed by atoms with van der Waals surface area (Å²) in [6.45, 7) is 2.51. The fourth-order valence-electron chi connectivity index (χ4n) is 4.14. The molecule has 0 aliphatic rings. The summed E-state index contributed by atoms with van der Waals surface area (Å²) in [5.41, 5.74) is 3.62. The lowest BCUT2D eigenvalue weighted by Gasteiger charge is -2.16. The Kier molecular flexibility index (Phi) is 7.38. The predicted octanol–water partition coefficient (Wildman–Crippen LogP) is 4.69. The molecule has 0 spiro atoms. The van der Waals surface area contributed by atoms with Gasteiger partial charge < -0.3 is 9.88 Å². The number of hydrogen-bond donors (Lipinski definition) is 1. The Balaban J connectivity index is 1.64. The summed E-state index contributed by atoms with van der Waals surface area (Å²) in [7, 11) is -0.561. The summed E-state index contributed by atoms with van der Waals surface area (Å²) in [5, 5.41) is 3.84. The number of rotatable bonds is 9. The lowest BCUT2D eigenvalue weighted by molar-refractivity contribution is 0.0930. The number of aromatic nitrogens is 1. The number of nitrogens with one attached hydrogen (secondary N) is 1. The molecule has 4 rings (SSSR count). The summed E-state index contributed by atoms with van der Waals surface area (Å²) < 4.78 is 28.5. The second-order valence-corrected chi connectivity index (χ2v) is 11.2. The Bertz CT molecular complexity index is 1410. The van der Waals surface area contributed by atoms with Crippen LogP contribution in [0.2, 0.25) is 0 Å². The van der Waals surface area contributed by atoms with Crippen LogP contribution in [0.25, 0.3) is 10.9 Å². The van der Waals surface area contributed by atoms with Gasteiger partial charge in [0.2, 0.25) is 10.0 Å². The highest BCUT2D eigenvalue weighted by atomic mass is 32.2. The third-order valence-electron chi connectivity index (χ3n) is 6.15. The first-order valence-electron chi connectivity index (χ1n) is 11.7. The van der Waals surface area contributed by atoms with Crippen molar-refractivity contribution in [2.45, 2.75) is 37.2 Å². The van der Waals surface area contributed by atoms with E-state index in [9.17, 15) is 13.2 Å². The van der Waals surface area contributed by atoms with Crippen LogP contribution in [0.15, 0.2) is 89.8 Å². The first kappa shape index (κ1) is 24.7. The fourth-order valence-corrected chi connectivity index (χ4v) is 5.08. The van der Waals surface area contributed by atoms with Gasteiger partial charge in [-0.25, -0.2) is 12.7 Å². The summed E-state index contributed by atoms with van der Waals surface area (Å²) in [6.07, 6.45) is 1.70. The minimum absolute atomic E-state index is 0.0180. The van der Waals surface area contributed by atoms with Gasteiger partial charge in [-0.2, -0.15) is 0 Å². The van der Waals surface area contributed by atoms with Crippen molar-refractivity contribution < 1.29 is 13.2 Å². The zero-order chi connectivity index (χ0) is 25.0. The normalized spacial score (nSPS) is 12.7. The van der Waals surface area contributed by atoms with Crippen molar-refractivity contribution in [1.29, 1.82) is 0 Å². The van der Waals surface area contributed by atoms with E-state index in [1.165, 1.54) is 24.0 Å². The quantitative estimate of drug-likeness (QED) is 0.371. The van der Waals surface area contributed by atoms with Gasteiger partial charge in [0.1, 0.15) is 5.69 Å². The number of amides is 1. The monoisotopic (exact) mass is 489 g/mol. The molecule has 1 atom stereocenters. The molecule has 0 saturated carbocycles. The first-order valence-corrected chi connectivity index (χ1v) is 13.1. The number of carbonyl (C=O) groups excluding carboxylic acids is 1. The molecule has 0 saturated heterocycles. The highest BCUT2D eigenvalue weighted by Crippen LogP contribution is 2.26. The van der Waals surface area contributed by atoms with Crippen molar-refractivity contribution in [2.24, 2.45) is 0 Å². The van der Waals surface area contributed by atoms with Crippen LogP contribution in [0.4, 0.5) is 0 Å². The number of hydrogen-bond acceptors (Lipinski definition) is 3. The molecule has 1 N–H and O–H groups in total. The number of nitrogens with zero attached hydrogens (tertiary/aromatic N) is 2. The molecule has 35 heavy (non-hydrogen) atoms. The molecular formula is C28H31N3O3S. The predicted molar refractivity (Wildman–Crippen MR) is 140 cm³/mol. The van der Waals surface area contributed by atoms with Gasteiger partial charge in [0.05, 0.1) is 4.90 Å². The lowest BCUT2D eigenvalue weighted by atomic mass is 10.1. The van der Waals surface area contributed by atoms with E-state index < -0.39 is 10.0 Å². The topological polar surface area (TPSA) is 71.4 Å². The van der Waals surface area contributed by atoms with Gasteiger partial charge in [0.25, 0.3) is 5.91 Å². The van der Waals surface area contributed by atoms with Crippen LogP contribution >= 0.6 is 0 Å². The molecule has 0 fully saturated rings. The summed E-state index contributed by atoms with van der Waals surface area (Å²) in [5.74, 6) is -0.172. The molecule has 1 heterocycles. The average Bonchev–Trinajstić information content (AvgIpc) is 3.21.